The van der Waals surface area contributed by atoms with Gasteiger partial charge >= 0.3 is 0 Å². The summed E-state index contributed by atoms with van der Waals surface area (Å²) in [6, 6.07) is 6.75. The number of ether oxygens (including phenoxy) is 2. The van der Waals surface area contributed by atoms with Crippen LogP contribution in [0.5, 0.6) is 11.5 Å². The van der Waals surface area contributed by atoms with Gasteiger partial charge in [0.25, 0.3) is 0 Å². The van der Waals surface area contributed by atoms with Gasteiger partial charge in [0.15, 0.2) is 11.5 Å². The fourth-order valence-electron chi connectivity index (χ4n) is 2.55. The van der Waals surface area contributed by atoms with Crippen molar-refractivity contribution in [3.05, 3.63) is 23.8 Å². The van der Waals surface area contributed by atoms with Gasteiger partial charge in [0, 0.05) is 18.2 Å². The van der Waals surface area contributed by atoms with Crippen LogP contribution in [-0.2, 0) is 6.54 Å². The normalized spacial score (nSPS) is 15.9. The Balaban J connectivity index is 2.05. The Morgan fingerprint density at radius 3 is 2.72 bits per heavy atom. The van der Waals surface area contributed by atoms with Gasteiger partial charge in [-0.2, -0.15) is 0 Å². The molecule has 0 heterocycles. The highest BCUT2D eigenvalue weighted by atomic mass is 16.5. The van der Waals surface area contributed by atoms with Gasteiger partial charge < -0.3 is 14.8 Å². The fraction of sp³-hybridized carbons (Fsp3) is 0.600. The molecule has 1 fully saturated rings. The molecule has 0 bridgehead atoms. The highest BCUT2D eigenvalue weighted by Gasteiger charge is 2.16. The van der Waals surface area contributed by atoms with Gasteiger partial charge in [0.05, 0.1) is 13.7 Å². The molecule has 1 N–H and O–H groups in total. The average Bonchev–Trinajstić information content (AvgIpc) is 2.91. The molecule has 18 heavy (non-hydrogen) atoms. The van der Waals surface area contributed by atoms with E-state index >= 15 is 0 Å². The summed E-state index contributed by atoms with van der Waals surface area (Å²) in [5.41, 5.74) is 1.18. The summed E-state index contributed by atoms with van der Waals surface area (Å²) in [7, 11) is 1.69. The molecule has 0 amide bonds. The highest BCUT2D eigenvalue weighted by Crippen LogP contribution is 2.31. The molecule has 0 aromatic heterocycles. The summed E-state index contributed by atoms with van der Waals surface area (Å²) in [5.74, 6) is 1.70. The van der Waals surface area contributed by atoms with Crippen molar-refractivity contribution in [3.63, 3.8) is 0 Å². The zero-order valence-electron chi connectivity index (χ0n) is 11.4. The molecule has 0 atom stereocenters. The second kappa shape index (κ2) is 6.64. The van der Waals surface area contributed by atoms with E-state index in [0.29, 0.717) is 12.6 Å². The van der Waals surface area contributed by atoms with E-state index in [2.05, 4.69) is 11.4 Å². The number of hydrogen-bond donors (Lipinski definition) is 1. The van der Waals surface area contributed by atoms with Crippen molar-refractivity contribution in [1.29, 1.82) is 0 Å². The van der Waals surface area contributed by atoms with E-state index in [-0.39, 0.29) is 0 Å². The van der Waals surface area contributed by atoms with E-state index in [1.54, 1.807) is 7.11 Å². The van der Waals surface area contributed by atoms with Crippen molar-refractivity contribution in [2.75, 3.05) is 13.7 Å². The summed E-state index contributed by atoms with van der Waals surface area (Å²) < 4.78 is 11.1. The first-order valence-corrected chi connectivity index (χ1v) is 6.87. The van der Waals surface area contributed by atoms with Gasteiger partial charge in [-0.05, 0) is 25.8 Å². The molecule has 100 valence electrons. The summed E-state index contributed by atoms with van der Waals surface area (Å²) in [4.78, 5) is 0. The molecule has 3 nitrogen and oxygen atoms in total. The minimum atomic E-state index is 0.663. The molecule has 1 saturated carbocycles. The molecule has 0 radical (unpaired) electrons. The topological polar surface area (TPSA) is 30.5 Å². The van der Waals surface area contributed by atoms with Crippen LogP contribution >= 0.6 is 0 Å². The number of hydrogen-bond acceptors (Lipinski definition) is 3. The Hall–Kier alpha value is -1.22. The maximum atomic E-state index is 5.71. The Kier molecular flexibility index (Phi) is 4.88. The third-order valence-corrected chi connectivity index (χ3v) is 3.51. The van der Waals surface area contributed by atoms with Crippen molar-refractivity contribution >= 4 is 0 Å². The highest BCUT2D eigenvalue weighted by molar-refractivity contribution is 5.46. The van der Waals surface area contributed by atoms with E-state index in [1.165, 1.54) is 31.2 Å². The standard InChI is InChI=1S/C15H23NO2/c1-3-18-15-12(7-6-10-14(15)17-2)11-16-13-8-4-5-9-13/h6-7,10,13,16H,3-5,8-9,11H2,1-2H3. The smallest absolute Gasteiger partial charge is 0.165 e. The van der Waals surface area contributed by atoms with Crippen LogP contribution in [0.2, 0.25) is 0 Å². The van der Waals surface area contributed by atoms with E-state index in [1.807, 2.05) is 19.1 Å². The van der Waals surface area contributed by atoms with Crippen LogP contribution < -0.4 is 14.8 Å². The van der Waals surface area contributed by atoms with E-state index in [4.69, 9.17) is 9.47 Å². The molecule has 0 aliphatic heterocycles. The third-order valence-electron chi connectivity index (χ3n) is 3.51. The molecule has 1 aromatic rings. The van der Waals surface area contributed by atoms with E-state index in [0.717, 1.165) is 18.0 Å². The lowest BCUT2D eigenvalue weighted by Crippen LogP contribution is -2.25. The summed E-state index contributed by atoms with van der Waals surface area (Å²) in [5, 5.41) is 3.61. The molecule has 1 aliphatic carbocycles. The minimum Gasteiger partial charge on any atom is -0.493 e. The monoisotopic (exact) mass is 249 g/mol. The Morgan fingerprint density at radius 2 is 2.06 bits per heavy atom. The Morgan fingerprint density at radius 1 is 1.28 bits per heavy atom. The van der Waals surface area contributed by atoms with Gasteiger partial charge in [-0.1, -0.05) is 25.0 Å². The predicted octanol–water partition coefficient (Wildman–Crippen LogP) is 3.13. The molecule has 1 aromatic carbocycles. The summed E-state index contributed by atoms with van der Waals surface area (Å²) in [6.45, 7) is 3.52. The van der Waals surface area contributed by atoms with E-state index < -0.39 is 0 Å². The lowest BCUT2D eigenvalue weighted by molar-refractivity contribution is 0.306. The van der Waals surface area contributed by atoms with Crippen LogP contribution in [0.3, 0.4) is 0 Å². The van der Waals surface area contributed by atoms with Crippen LogP contribution in [0.25, 0.3) is 0 Å². The number of benzene rings is 1. The van der Waals surface area contributed by atoms with Gasteiger partial charge in [-0.25, -0.2) is 0 Å². The second-order valence-corrected chi connectivity index (χ2v) is 4.74. The zero-order valence-corrected chi connectivity index (χ0v) is 11.4. The number of nitrogens with one attached hydrogen (secondary N) is 1. The fourth-order valence-corrected chi connectivity index (χ4v) is 2.55. The van der Waals surface area contributed by atoms with Crippen molar-refractivity contribution in [3.8, 4) is 11.5 Å². The average molecular weight is 249 g/mol. The van der Waals surface area contributed by atoms with Crippen molar-refractivity contribution in [2.45, 2.75) is 45.2 Å². The quantitative estimate of drug-likeness (QED) is 0.840. The Labute approximate surface area is 109 Å². The van der Waals surface area contributed by atoms with Crippen LogP contribution in [-0.4, -0.2) is 19.8 Å². The van der Waals surface area contributed by atoms with Gasteiger partial charge in [-0.3, -0.25) is 0 Å². The first kappa shape index (κ1) is 13.2. The SMILES string of the molecule is CCOc1c(CNC2CCCC2)cccc1OC. The molecule has 3 heteroatoms. The zero-order chi connectivity index (χ0) is 12.8. The minimum absolute atomic E-state index is 0.663. The first-order valence-electron chi connectivity index (χ1n) is 6.87. The number of para-hydroxylation sites is 1. The summed E-state index contributed by atoms with van der Waals surface area (Å²) in [6.07, 6.45) is 5.31. The van der Waals surface area contributed by atoms with Crippen LogP contribution in [0.15, 0.2) is 18.2 Å². The Bertz CT molecular complexity index is 373. The van der Waals surface area contributed by atoms with Crippen LogP contribution in [0.1, 0.15) is 38.2 Å². The maximum absolute atomic E-state index is 5.71. The van der Waals surface area contributed by atoms with Crippen LogP contribution in [0.4, 0.5) is 0 Å². The first-order chi connectivity index (χ1) is 8.85. The van der Waals surface area contributed by atoms with Crippen molar-refractivity contribution < 1.29 is 9.47 Å². The molecule has 2 rings (SSSR count). The molecular formula is C15H23NO2. The lowest BCUT2D eigenvalue weighted by atomic mass is 10.1. The molecular weight excluding hydrogens is 226 g/mol. The predicted molar refractivity (Wildman–Crippen MR) is 73.3 cm³/mol. The largest absolute Gasteiger partial charge is 0.493 e. The van der Waals surface area contributed by atoms with Crippen molar-refractivity contribution in [2.24, 2.45) is 0 Å². The molecule has 0 saturated heterocycles. The van der Waals surface area contributed by atoms with Gasteiger partial charge in [0.2, 0.25) is 0 Å². The number of rotatable bonds is 6. The van der Waals surface area contributed by atoms with Gasteiger partial charge in [0.1, 0.15) is 0 Å². The molecule has 0 unspecified atom stereocenters. The molecule has 1 aliphatic rings. The second-order valence-electron chi connectivity index (χ2n) is 4.74. The van der Waals surface area contributed by atoms with E-state index in [9.17, 15) is 0 Å². The molecule has 0 spiro atoms. The third kappa shape index (κ3) is 3.16. The summed E-state index contributed by atoms with van der Waals surface area (Å²) >= 11 is 0. The van der Waals surface area contributed by atoms with Crippen molar-refractivity contribution in [1.82, 2.24) is 5.32 Å². The van der Waals surface area contributed by atoms with Crippen LogP contribution in [0, 0.1) is 0 Å². The van der Waals surface area contributed by atoms with Gasteiger partial charge in [-0.15, -0.1) is 0 Å². The lowest BCUT2D eigenvalue weighted by Gasteiger charge is -2.16. The number of methoxy groups -OCH3 is 1. The maximum Gasteiger partial charge on any atom is 0.165 e.